The molecule has 0 bridgehead atoms. The first kappa shape index (κ1) is 10.2. The van der Waals surface area contributed by atoms with Crippen LogP contribution in [0.2, 0.25) is 5.15 Å². The van der Waals surface area contributed by atoms with E-state index in [0.29, 0.717) is 11.3 Å². The van der Waals surface area contributed by atoms with Gasteiger partial charge in [-0.05, 0) is 6.42 Å². The molecule has 14 heavy (non-hydrogen) atoms. The fourth-order valence-electron chi connectivity index (χ4n) is 1.53. The van der Waals surface area contributed by atoms with Crippen LogP contribution in [0.1, 0.15) is 13.3 Å². The molecule has 1 aromatic heterocycles. The van der Waals surface area contributed by atoms with E-state index in [4.69, 9.17) is 16.3 Å². The number of morpholine rings is 1. The van der Waals surface area contributed by atoms with Crippen LogP contribution in [-0.2, 0) is 4.74 Å². The summed E-state index contributed by atoms with van der Waals surface area (Å²) >= 11 is 7.39. The highest BCUT2D eigenvalue weighted by molar-refractivity contribution is 7.14. The van der Waals surface area contributed by atoms with E-state index < -0.39 is 0 Å². The van der Waals surface area contributed by atoms with Crippen molar-refractivity contribution in [3.63, 3.8) is 0 Å². The van der Waals surface area contributed by atoms with Crippen LogP contribution in [0, 0.1) is 0 Å². The van der Waals surface area contributed by atoms with Crippen LogP contribution >= 0.6 is 22.9 Å². The van der Waals surface area contributed by atoms with Crippen LogP contribution in [0.15, 0.2) is 5.38 Å². The predicted octanol–water partition coefficient (Wildman–Crippen LogP) is 2.41. The summed E-state index contributed by atoms with van der Waals surface area (Å²) in [6.45, 7) is 4.78. The van der Waals surface area contributed by atoms with Gasteiger partial charge in [0, 0.05) is 18.5 Å². The largest absolute Gasteiger partial charge is 0.375 e. The number of hydrogen-bond acceptors (Lipinski definition) is 4. The average molecular weight is 233 g/mol. The van der Waals surface area contributed by atoms with Crippen molar-refractivity contribution in [2.45, 2.75) is 19.4 Å². The van der Waals surface area contributed by atoms with Crippen LogP contribution in [-0.4, -0.2) is 30.8 Å². The summed E-state index contributed by atoms with van der Waals surface area (Å²) in [7, 11) is 0. The van der Waals surface area contributed by atoms with Gasteiger partial charge in [0.1, 0.15) is 5.15 Å². The van der Waals surface area contributed by atoms with Crippen molar-refractivity contribution < 1.29 is 4.74 Å². The zero-order chi connectivity index (χ0) is 9.97. The lowest BCUT2D eigenvalue weighted by Crippen LogP contribution is -2.42. The molecule has 1 aliphatic heterocycles. The van der Waals surface area contributed by atoms with Crippen LogP contribution in [0.3, 0.4) is 0 Å². The van der Waals surface area contributed by atoms with Gasteiger partial charge in [-0.15, -0.1) is 11.3 Å². The van der Waals surface area contributed by atoms with Crippen molar-refractivity contribution in [1.29, 1.82) is 0 Å². The molecule has 0 saturated carbocycles. The Kier molecular flexibility index (Phi) is 3.26. The fourth-order valence-corrected chi connectivity index (χ4v) is 2.52. The molecule has 1 atom stereocenters. The van der Waals surface area contributed by atoms with E-state index in [1.165, 1.54) is 0 Å². The maximum Gasteiger partial charge on any atom is 0.186 e. The average Bonchev–Trinajstić information content (AvgIpc) is 2.65. The number of thiazole rings is 1. The van der Waals surface area contributed by atoms with Crippen molar-refractivity contribution >= 4 is 28.1 Å². The molecular formula is C9H13ClN2OS. The second kappa shape index (κ2) is 4.47. The second-order valence-corrected chi connectivity index (χ2v) is 4.52. The van der Waals surface area contributed by atoms with E-state index in [1.807, 2.05) is 5.38 Å². The van der Waals surface area contributed by atoms with Crippen molar-refractivity contribution in [3.8, 4) is 0 Å². The Morgan fingerprint density at radius 3 is 3.29 bits per heavy atom. The van der Waals surface area contributed by atoms with Gasteiger partial charge in [-0.25, -0.2) is 4.98 Å². The van der Waals surface area contributed by atoms with Crippen molar-refractivity contribution in [1.82, 2.24) is 4.98 Å². The van der Waals surface area contributed by atoms with E-state index in [1.54, 1.807) is 11.3 Å². The minimum atomic E-state index is 0.339. The summed E-state index contributed by atoms with van der Waals surface area (Å²) < 4.78 is 5.59. The maximum absolute atomic E-state index is 5.79. The van der Waals surface area contributed by atoms with Crippen LogP contribution in [0.25, 0.3) is 0 Å². The first-order valence-corrected chi connectivity index (χ1v) is 6.03. The van der Waals surface area contributed by atoms with Gasteiger partial charge in [-0.1, -0.05) is 18.5 Å². The number of hydrogen-bond donors (Lipinski definition) is 0. The van der Waals surface area contributed by atoms with E-state index in [-0.39, 0.29) is 0 Å². The molecule has 2 rings (SSSR count). The maximum atomic E-state index is 5.79. The molecule has 0 N–H and O–H groups in total. The molecule has 1 saturated heterocycles. The third-order valence-corrected chi connectivity index (χ3v) is 3.55. The Morgan fingerprint density at radius 2 is 2.64 bits per heavy atom. The highest BCUT2D eigenvalue weighted by atomic mass is 35.5. The molecule has 0 aliphatic carbocycles. The highest BCUT2D eigenvalue weighted by Crippen LogP contribution is 2.25. The van der Waals surface area contributed by atoms with Crippen molar-refractivity contribution in [2.75, 3.05) is 24.6 Å². The molecule has 0 radical (unpaired) electrons. The summed E-state index contributed by atoms with van der Waals surface area (Å²) in [6, 6.07) is 0. The standard InChI is InChI=1S/C9H13ClN2OS/c1-2-7-5-12(3-4-13-7)9-11-8(10)6-14-9/h6-7H,2-5H2,1H3. The SMILES string of the molecule is CCC1CN(c2nc(Cl)cs2)CCO1. The molecule has 1 fully saturated rings. The van der Waals surface area contributed by atoms with Gasteiger partial charge in [0.2, 0.25) is 0 Å². The summed E-state index contributed by atoms with van der Waals surface area (Å²) in [4.78, 5) is 6.50. The van der Waals surface area contributed by atoms with Gasteiger partial charge in [-0.2, -0.15) is 0 Å². The first-order chi connectivity index (χ1) is 6.79. The summed E-state index contributed by atoms with van der Waals surface area (Å²) in [5, 5.41) is 3.47. The molecule has 1 unspecified atom stereocenters. The van der Waals surface area contributed by atoms with Crippen molar-refractivity contribution in [2.24, 2.45) is 0 Å². The molecular weight excluding hydrogens is 220 g/mol. The van der Waals surface area contributed by atoms with Crippen molar-refractivity contribution in [3.05, 3.63) is 10.5 Å². The summed E-state index contributed by atoms with van der Waals surface area (Å²) in [6.07, 6.45) is 1.39. The van der Waals surface area contributed by atoms with Crippen LogP contribution in [0.5, 0.6) is 0 Å². The number of nitrogens with zero attached hydrogens (tertiary/aromatic N) is 2. The summed E-state index contributed by atoms with van der Waals surface area (Å²) in [5.41, 5.74) is 0. The monoisotopic (exact) mass is 232 g/mol. The molecule has 1 aromatic rings. The Labute approximate surface area is 92.7 Å². The number of aromatic nitrogens is 1. The number of anilines is 1. The first-order valence-electron chi connectivity index (χ1n) is 4.77. The second-order valence-electron chi connectivity index (χ2n) is 3.30. The Bertz CT molecular complexity index is 305. The van der Waals surface area contributed by atoms with Gasteiger partial charge in [0.25, 0.3) is 0 Å². The predicted molar refractivity (Wildman–Crippen MR) is 59.4 cm³/mol. The minimum Gasteiger partial charge on any atom is -0.375 e. The van der Waals surface area contributed by atoms with Gasteiger partial charge in [0.15, 0.2) is 5.13 Å². The molecule has 5 heteroatoms. The Morgan fingerprint density at radius 1 is 1.79 bits per heavy atom. The lowest BCUT2D eigenvalue weighted by Gasteiger charge is -2.32. The van der Waals surface area contributed by atoms with Crippen LogP contribution < -0.4 is 4.90 Å². The van der Waals surface area contributed by atoms with Gasteiger partial charge in [0.05, 0.1) is 12.7 Å². The van der Waals surface area contributed by atoms with Gasteiger partial charge >= 0.3 is 0 Å². The quantitative estimate of drug-likeness (QED) is 0.783. The third kappa shape index (κ3) is 2.19. The lowest BCUT2D eigenvalue weighted by atomic mass is 10.2. The van der Waals surface area contributed by atoms with E-state index in [2.05, 4.69) is 16.8 Å². The Balaban J connectivity index is 2.04. The topological polar surface area (TPSA) is 25.4 Å². The van der Waals surface area contributed by atoms with E-state index >= 15 is 0 Å². The highest BCUT2D eigenvalue weighted by Gasteiger charge is 2.20. The smallest absolute Gasteiger partial charge is 0.186 e. The van der Waals surface area contributed by atoms with E-state index in [0.717, 1.165) is 31.2 Å². The molecule has 0 aromatic carbocycles. The molecule has 0 spiro atoms. The van der Waals surface area contributed by atoms with Gasteiger partial charge < -0.3 is 9.64 Å². The summed E-state index contributed by atoms with van der Waals surface area (Å²) in [5.74, 6) is 0. The zero-order valence-electron chi connectivity index (χ0n) is 8.07. The van der Waals surface area contributed by atoms with E-state index in [9.17, 15) is 0 Å². The molecule has 78 valence electrons. The molecule has 0 amide bonds. The zero-order valence-corrected chi connectivity index (χ0v) is 9.64. The number of halogens is 1. The van der Waals surface area contributed by atoms with Gasteiger partial charge in [-0.3, -0.25) is 0 Å². The fraction of sp³-hybridized carbons (Fsp3) is 0.667. The molecule has 3 nitrogen and oxygen atoms in total. The Hall–Kier alpha value is -0.320. The number of rotatable bonds is 2. The molecule has 2 heterocycles. The number of ether oxygens (including phenoxy) is 1. The molecule has 1 aliphatic rings. The van der Waals surface area contributed by atoms with Crippen LogP contribution in [0.4, 0.5) is 5.13 Å². The third-order valence-electron chi connectivity index (χ3n) is 2.33. The normalized spacial score (nSPS) is 22.7. The lowest BCUT2D eigenvalue weighted by molar-refractivity contribution is 0.0384. The minimum absolute atomic E-state index is 0.339.